The molecule has 9 heteroatoms. The SMILES string of the molecule is COC(=O)c1ccc(OC)c(NS(=O)(=O)c2ccc3nc(-c4ccccc4)[nH]c3c2)c1. The number of fused-ring (bicyclic) bond motifs is 1. The number of hydrogen-bond acceptors (Lipinski definition) is 6. The van der Waals surface area contributed by atoms with Gasteiger partial charge in [-0.25, -0.2) is 18.2 Å². The molecule has 0 aliphatic heterocycles. The zero-order valence-electron chi connectivity index (χ0n) is 16.7. The summed E-state index contributed by atoms with van der Waals surface area (Å²) in [5.41, 5.74) is 2.43. The largest absolute Gasteiger partial charge is 0.495 e. The van der Waals surface area contributed by atoms with Crippen LogP contribution in [0.1, 0.15) is 10.4 Å². The van der Waals surface area contributed by atoms with Gasteiger partial charge in [0.25, 0.3) is 10.0 Å². The Morgan fingerprint density at radius 3 is 2.48 bits per heavy atom. The zero-order valence-corrected chi connectivity index (χ0v) is 17.6. The van der Waals surface area contributed by atoms with Crippen molar-refractivity contribution < 1.29 is 22.7 Å². The number of benzene rings is 3. The minimum absolute atomic E-state index is 0.0359. The van der Waals surface area contributed by atoms with Crippen LogP contribution in [0.3, 0.4) is 0 Å². The highest BCUT2D eigenvalue weighted by Crippen LogP contribution is 2.29. The number of hydrogen-bond donors (Lipinski definition) is 2. The number of ether oxygens (including phenoxy) is 2. The standard InChI is InChI=1S/C22H19N3O5S/c1-29-20-11-8-15(22(26)30-2)12-19(20)25-31(27,28)16-9-10-17-18(13-16)24-21(23-17)14-6-4-3-5-7-14/h3-13,25H,1-2H3,(H,23,24). The number of esters is 1. The molecular weight excluding hydrogens is 418 g/mol. The van der Waals surface area contributed by atoms with E-state index in [-0.39, 0.29) is 21.9 Å². The van der Waals surface area contributed by atoms with Gasteiger partial charge in [-0.15, -0.1) is 0 Å². The molecule has 0 bridgehead atoms. The number of H-pyrrole nitrogens is 1. The van der Waals surface area contributed by atoms with Crippen LogP contribution in [0.4, 0.5) is 5.69 Å². The van der Waals surface area contributed by atoms with Crippen molar-refractivity contribution in [3.63, 3.8) is 0 Å². The van der Waals surface area contributed by atoms with Crippen molar-refractivity contribution in [2.75, 3.05) is 18.9 Å². The Morgan fingerprint density at radius 2 is 1.77 bits per heavy atom. The van der Waals surface area contributed by atoms with E-state index in [2.05, 4.69) is 14.7 Å². The maximum Gasteiger partial charge on any atom is 0.337 e. The number of imidazole rings is 1. The molecule has 1 heterocycles. The fraction of sp³-hybridized carbons (Fsp3) is 0.0909. The van der Waals surface area contributed by atoms with Gasteiger partial charge in [0.1, 0.15) is 11.6 Å². The molecule has 0 fully saturated rings. The molecule has 0 atom stereocenters. The summed E-state index contributed by atoms with van der Waals surface area (Å²) < 4.78 is 38.5. The molecular formula is C22H19N3O5S. The topological polar surface area (TPSA) is 110 Å². The molecule has 0 amide bonds. The van der Waals surface area contributed by atoms with Crippen LogP contribution in [0.2, 0.25) is 0 Å². The van der Waals surface area contributed by atoms with Crippen LogP contribution in [0.25, 0.3) is 22.4 Å². The highest BCUT2D eigenvalue weighted by atomic mass is 32.2. The lowest BCUT2D eigenvalue weighted by Crippen LogP contribution is -2.14. The summed E-state index contributed by atoms with van der Waals surface area (Å²) in [6, 6.07) is 18.5. The van der Waals surface area contributed by atoms with E-state index in [0.717, 1.165) is 5.56 Å². The van der Waals surface area contributed by atoms with E-state index in [0.29, 0.717) is 16.9 Å². The van der Waals surface area contributed by atoms with Gasteiger partial charge in [-0.1, -0.05) is 30.3 Å². The third-order valence-electron chi connectivity index (χ3n) is 4.68. The molecule has 4 aromatic rings. The van der Waals surface area contributed by atoms with Gasteiger partial charge in [-0.05, 0) is 36.4 Å². The number of anilines is 1. The number of aromatic amines is 1. The fourth-order valence-corrected chi connectivity index (χ4v) is 4.21. The van der Waals surface area contributed by atoms with Crippen molar-refractivity contribution in [2.45, 2.75) is 4.90 Å². The first-order valence-electron chi connectivity index (χ1n) is 9.25. The van der Waals surface area contributed by atoms with Crippen molar-refractivity contribution in [3.8, 4) is 17.1 Å². The molecule has 4 rings (SSSR count). The first kappa shape index (κ1) is 20.4. The van der Waals surface area contributed by atoms with Crippen LogP contribution in [0.15, 0.2) is 71.6 Å². The molecule has 31 heavy (non-hydrogen) atoms. The van der Waals surface area contributed by atoms with Crippen LogP contribution in [-0.2, 0) is 14.8 Å². The van der Waals surface area contributed by atoms with E-state index < -0.39 is 16.0 Å². The third kappa shape index (κ3) is 4.08. The van der Waals surface area contributed by atoms with Gasteiger partial charge in [0.05, 0.1) is 41.4 Å². The Labute approximate surface area is 178 Å². The molecule has 0 saturated carbocycles. The van der Waals surface area contributed by atoms with Gasteiger partial charge in [0, 0.05) is 5.56 Å². The summed E-state index contributed by atoms with van der Waals surface area (Å²) in [6.45, 7) is 0. The molecule has 3 aromatic carbocycles. The van der Waals surface area contributed by atoms with Crippen LogP contribution in [0.5, 0.6) is 5.75 Å². The minimum atomic E-state index is -3.97. The van der Waals surface area contributed by atoms with Crippen LogP contribution >= 0.6 is 0 Å². The average molecular weight is 437 g/mol. The highest BCUT2D eigenvalue weighted by molar-refractivity contribution is 7.92. The van der Waals surface area contributed by atoms with Crippen LogP contribution in [0, 0.1) is 0 Å². The lowest BCUT2D eigenvalue weighted by Gasteiger charge is -2.13. The van der Waals surface area contributed by atoms with E-state index in [1.165, 1.54) is 44.6 Å². The number of aromatic nitrogens is 2. The van der Waals surface area contributed by atoms with Crippen LogP contribution < -0.4 is 9.46 Å². The number of carbonyl (C=O) groups is 1. The molecule has 0 saturated heterocycles. The van der Waals surface area contributed by atoms with E-state index in [1.807, 2.05) is 30.3 Å². The average Bonchev–Trinajstić information content (AvgIpc) is 3.22. The predicted molar refractivity (Wildman–Crippen MR) is 117 cm³/mol. The van der Waals surface area contributed by atoms with Crippen molar-refractivity contribution in [3.05, 3.63) is 72.3 Å². The van der Waals surface area contributed by atoms with Crippen molar-refractivity contribution in [2.24, 2.45) is 0 Å². The number of methoxy groups -OCH3 is 2. The fourth-order valence-electron chi connectivity index (χ4n) is 3.12. The van der Waals surface area contributed by atoms with E-state index >= 15 is 0 Å². The normalized spacial score (nSPS) is 11.3. The molecule has 0 spiro atoms. The number of nitrogens with one attached hydrogen (secondary N) is 2. The quantitative estimate of drug-likeness (QED) is 0.444. The van der Waals surface area contributed by atoms with Gasteiger partial charge >= 0.3 is 5.97 Å². The van der Waals surface area contributed by atoms with Gasteiger partial charge in [-0.2, -0.15) is 0 Å². The summed E-state index contributed by atoms with van der Waals surface area (Å²) in [5.74, 6) is 0.325. The first-order valence-corrected chi connectivity index (χ1v) is 10.7. The number of nitrogens with zero attached hydrogens (tertiary/aromatic N) is 1. The summed E-state index contributed by atoms with van der Waals surface area (Å²) >= 11 is 0. The van der Waals surface area contributed by atoms with E-state index in [9.17, 15) is 13.2 Å². The highest BCUT2D eigenvalue weighted by Gasteiger charge is 2.20. The molecule has 0 aliphatic rings. The molecule has 8 nitrogen and oxygen atoms in total. The first-order chi connectivity index (χ1) is 14.9. The maximum absolute atomic E-state index is 13.0. The molecule has 0 aliphatic carbocycles. The second-order valence-electron chi connectivity index (χ2n) is 6.64. The smallest absolute Gasteiger partial charge is 0.337 e. The Balaban J connectivity index is 1.70. The summed E-state index contributed by atoms with van der Waals surface area (Å²) in [4.78, 5) is 19.5. The van der Waals surface area contributed by atoms with Gasteiger partial charge < -0.3 is 14.5 Å². The van der Waals surface area contributed by atoms with Crippen LogP contribution in [-0.4, -0.2) is 38.6 Å². The summed E-state index contributed by atoms with van der Waals surface area (Å²) in [6.07, 6.45) is 0. The predicted octanol–water partition coefficient (Wildman–Crippen LogP) is 3.83. The van der Waals surface area contributed by atoms with Gasteiger partial charge in [0.15, 0.2) is 0 Å². The number of carbonyl (C=O) groups excluding carboxylic acids is 1. The maximum atomic E-state index is 13.0. The number of rotatable bonds is 6. The second kappa shape index (κ2) is 8.11. The summed E-state index contributed by atoms with van der Waals surface area (Å²) in [7, 11) is -1.31. The monoisotopic (exact) mass is 437 g/mol. The Kier molecular flexibility index (Phi) is 5.35. The molecule has 0 radical (unpaired) electrons. The Hall–Kier alpha value is -3.85. The molecule has 1 aromatic heterocycles. The van der Waals surface area contributed by atoms with Crippen molar-refractivity contribution >= 4 is 32.7 Å². The number of sulfonamides is 1. The second-order valence-corrected chi connectivity index (χ2v) is 8.32. The van der Waals surface area contributed by atoms with E-state index in [4.69, 9.17) is 9.47 Å². The molecule has 0 unspecified atom stereocenters. The van der Waals surface area contributed by atoms with Gasteiger partial charge in [0.2, 0.25) is 0 Å². The Morgan fingerprint density at radius 1 is 1.00 bits per heavy atom. The molecule has 2 N–H and O–H groups in total. The van der Waals surface area contributed by atoms with Crippen molar-refractivity contribution in [1.82, 2.24) is 9.97 Å². The van der Waals surface area contributed by atoms with E-state index in [1.54, 1.807) is 6.07 Å². The molecule has 158 valence electrons. The minimum Gasteiger partial charge on any atom is -0.495 e. The lowest BCUT2D eigenvalue weighted by molar-refractivity contribution is 0.0600. The third-order valence-corrected chi connectivity index (χ3v) is 6.04. The lowest BCUT2D eigenvalue weighted by atomic mass is 10.2. The zero-order chi connectivity index (χ0) is 22.0. The van der Waals surface area contributed by atoms with Crippen molar-refractivity contribution in [1.29, 1.82) is 0 Å². The van der Waals surface area contributed by atoms with Gasteiger partial charge in [-0.3, -0.25) is 4.72 Å². The Bertz CT molecular complexity index is 1360. The summed E-state index contributed by atoms with van der Waals surface area (Å²) in [5, 5.41) is 0.